The Bertz CT molecular complexity index is 642. The highest BCUT2D eigenvalue weighted by Crippen LogP contribution is 2.31. The first-order valence-corrected chi connectivity index (χ1v) is 8.38. The van der Waals surface area contributed by atoms with Crippen molar-refractivity contribution in [2.45, 2.75) is 45.4 Å². The first-order chi connectivity index (χ1) is 11.1. The van der Waals surface area contributed by atoms with Crippen LogP contribution < -0.4 is 4.74 Å². The summed E-state index contributed by atoms with van der Waals surface area (Å²) in [4.78, 5) is 10.8. The zero-order valence-electron chi connectivity index (χ0n) is 14.3. The maximum absolute atomic E-state index is 10.8. The molecule has 0 radical (unpaired) electrons. The summed E-state index contributed by atoms with van der Waals surface area (Å²) in [6, 6.07) is 16.1. The fourth-order valence-corrected chi connectivity index (χ4v) is 2.72. The van der Waals surface area contributed by atoms with Crippen LogP contribution in [0.25, 0.3) is 0 Å². The molecule has 0 spiro atoms. The van der Waals surface area contributed by atoms with E-state index in [1.165, 1.54) is 11.1 Å². The van der Waals surface area contributed by atoms with Crippen LogP contribution in [-0.4, -0.2) is 12.9 Å². The smallest absolute Gasteiger partial charge is 0.150 e. The van der Waals surface area contributed by atoms with Gasteiger partial charge in [0.1, 0.15) is 12.0 Å². The van der Waals surface area contributed by atoms with Crippen LogP contribution in [0.2, 0.25) is 0 Å². The zero-order valence-corrected chi connectivity index (χ0v) is 14.3. The molecule has 0 aromatic heterocycles. The summed E-state index contributed by atoms with van der Waals surface area (Å²) in [5.41, 5.74) is 3.59. The molecule has 2 aromatic carbocycles. The molecule has 0 amide bonds. The maximum atomic E-state index is 10.8. The molecule has 0 N–H and O–H groups in total. The Morgan fingerprint density at radius 3 is 2.48 bits per heavy atom. The molecule has 122 valence electrons. The van der Waals surface area contributed by atoms with Crippen LogP contribution in [0.15, 0.2) is 48.5 Å². The van der Waals surface area contributed by atoms with Crippen molar-refractivity contribution in [3.63, 3.8) is 0 Å². The van der Waals surface area contributed by atoms with Gasteiger partial charge in [-0.15, -0.1) is 0 Å². The normalized spacial score (nSPS) is 11.3. The van der Waals surface area contributed by atoms with Crippen LogP contribution in [0.5, 0.6) is 5.75 Å². The Labute approximate surface area is 139 Å². The fourth-order valence-electron chi connectivity index (χ4n) is 2.72. The van der Waals surface area contributed by atoms with Crippen molar-refractivity contribution in [1.82, 2.24) is 0 Å². The Kier molecular flexibility index (Phi) is 5.97. The molecule has 0 unspecified atom stereocenters. The van der Waals surface area contributed by atoms with Crippen LogP contribution in [0, 0.1) is 0 Å². The minimum absolute atomic E-state index is 0.245. The van der Waals surface area contributed by atoms with Crippen molar-refractivity contribution in [1.29, 1.82) is 0 Å². The lowest BCUT2D eigenvalue weighted by molar-refractivity contribution is 0.112. The molecule has 2 nitrogen and oxygen atoms in total. The lowest BCUT2D eigenvalue weighted by Gasteiger charge is -2.27. The lowest BCUT2D eigenvalue weighted by Crippen LogP contribution is -2.19. The summed E-state index contributed by atoms with van der Waals surface area (Å²) in [7, 11) is 0. The molecular weight excluding hydrogens is 284 g/mol. The van der Waals surface area contributed by atoms with Gasteiger partial charge in [0.2, 0.25) is 0 Å². The zero-order chi connectivity index (χ0) is 16.7. The van der Waals surface area contributed by atoms with Crippen LogP contribution in [0.1, 0.15) is 55.1 Å². The molecule has 2 rings (SSSR count). The molecule has 0 saturated carbocycles. The third-order valence-electron chi connectivity index (χ3n) is 4.84. The average Bonchev–Trinajstić information content (AvgIpc) is 2.61. The van der Waals surface area contributed by atoms with Gasteiger partial charge in [-0.25, -0.2) is 0 Å². The van der Waals surface area contributed by atoms with Crippen molar-refractivity contribution in [2.24, 2.45) is 0 Å². The van der Waals surface area contributed by atoms with E-state index < -0.39 is 0 Å². The van der Waals surface area contributed by atoms with Crippen molar-refractivity contribution in [2.75, 3.05) is 6.61 Å². The highest BCUT2D eigenvalue weighted by atomic mass is 16.5. The second-order valence-electron chi connectivity index (χ2n) is 6.26. The molecule has 23 heavy (non-hydrogen) atoms. The van der Waals surface area contributed by atoms with Gasteiger partial charge in [0.25, 0.3) is 0 Å². The summed E-state index contributed by atoms with van der Waals surface area (Å²) in [5, 5.41) is 0. The largest absolute Gasteiger partial charge is 0.493 e. The molecule has 0 aliphatic carbocycles. The van der Waals surface area contributed by atoms with Crippen molar-refractivity contribution < 1.29 is 9.53 Å². The number of benzene rings is 2. The minimum atomic E-state index is 0.245. The highest BCUT2D eigenvalue weighted by molar-refractivity contribution is 5.75. The number of aldehydes is 1. The Morgan fingerprint density at radius 1 is 1.04 bits per heavy atom. The summed E-state index contributed by atoms with van der Waals surface area (Å²) in [6.07, 6.45) is 3.99. The van der Waals surface area contributed by atoms with Gasteiger partial charge >= 0.3 is 0 Å². The van der Waals surface area contributed by atoms with E-state index in [4.69, 9.17) is 4.74 Å². The summed E-state index contributed by atoms with van der Waals surface area (Å²) < 4.78 is 5.77. The number of ether oxygens (including phenoxy) is 1. The van der Waals surface area contributed by atoms with Crippen LogP contribution >= 0.6 is 0 Å². The Morgan fingerprint density at radius 2 is 1.78 bits per heavy atom. The SMILES string of the molecule is CCC(C)(CC)c1cccc(CCOc2cccc(C=O)c2)c1. The standard InChI is InChI=1S/C21H26O2/c1-4-21(3,5-2)19-10-6-8-17(14-19)12-13-23-20-11-7-9-18(15-20)16-22/h6-11,14-16H,4-5,12-13H2,1-3H3. The molecular formula is C21H26O2. The van der Waals surface area contributed by atoms with Gasteiger partial charge in [-0.1, -0.05) is 57.2 Å². The van der Waals surface area contributed by atoms with Gasteiger partial charge < -0.3 is 4.74 Å². The number of carbonyl (C=O) groups is 1. The summed E-state index contributed by atoms with van der Waals surface area (Å²) in [6.45, 7) is 7.44. The topological polar surface area (TPSA) is 26.3 Å². The molecule has 0 aliphatic heterocycles. The van der Waals surface area contributed by atoms with Gasteiger partial charge in [0, 0.05) is 12.0 Å². The van der Waals surface area contributed by atoms with Gasteiger partial charge in [-0.2, -0.15) is 0 Å². The van der Waals surface area contributed by atoms with Gasteiger partial charge in [0.15, 0.2) is 0 Å². The predicted octanol–water partition coefficient (Wildman–Crippen LogP) is 5.20. The van der Waals surface area contributed by atoms with E-state index in [1.807, 2.05) is 12.1 Å². The van der Waals surface area contributed by atoms with E-state index in [-0.39, 0.29) is 5.41 Å². The molecule has 0 saturated heterocycles. The minimum Gasteiger partial charge on any atom is -0.493 e. The number of rotatable bonds is 8. The number of carbonyl (C=O) groups excluding carboxylic acids is 1. The Hall–Kier alpha value is -2.09. The second kappa shape index (κ2) is 7.96. The van der Waals surface area contributed by atoms with E-state index >= 15 is 0 Å². The van der Waals surface area contributed by atoms with Gasteiger partial charge in [-0.3, -0.25) is 4.79 Å². The van der Waals surface area contributed by atoms with Crippen molar-refractivity contribution >= 4 is 6.29 Å². The first kappa shape index (κ1) is 17.3. The third kappa shape index (κ3) is 4.44. The quantitative estimate of drug-likeness (QED) is 0.627. The van der Waals surface area contributed by atoms with Crippen LogP contribution in [-0.2, 0) is 11.8 Å². The monoisotopic (exact) mass is 310 g/mol. The average molecular weight is 310 g/mol. The molecule has 2 aromatic rings. The van der Waals surface area contributed by atoms with E-state index in [0.29, 0.717) is 12.2 Å². The maximum Gasteiger partial charge on any atom is 0.150 e. The molecule has 0 heterocycles. The second-order valence-corrected chi connectivity index (χ2v) is 6.26. The molecule has 0 fully saturated rings. The van der Waals surface area contributed by atoms with E-state index in [9.17, 15) is 4.79 Å². The van der Waals surface area contributed by atoms with Crippen LogP contribution in [0.3, 0.4) is 0 Å². The van der Waals surface area contributed by atoms with E-state index in [0.717, 1.165) is 31.3 Å². The molecule has 0 aliphatic rings. The van der Waals surface area contributed by atoms with Crippen molar-refractivity contribution in [3.05, 3.63) is 65.2 Å². The highest BCUT2D eigenvalue weighted by Gasteiger charge is 2.22. The van der Waals surface area contributed by atoms with Gasteiger partial charge in [-0.05, 0) is 41.5 Å². The molecule has 2 heteroatoms. The van der Waals surface area contributed by atoms with E-state index in [2.05, 4.69) is 45.0 Å². The first-order valence-electron chi connectivity index (χ1n) is 8.38. The number of hydrogen-bond acceptors (Lipinski definition) is 2. The summed E-state index contributed by atoms with van der Waals surface area (Å²) in [5.74, 6) is 0.748. The Balaban J connectivity index is 1.99. The third-order valence-corrected chi connectivity index (χ3v) is 4.84. The fraction of sp³-hybridized carbons (Fsp3) is 0.381. The van der Waals surface area contributed by atoms with E-state index in [1.54, 1.807) is 12.1 Å². The number of hydrogen-bond donors (Lipinski definition) is 0. The summed E-state index contributed by atoms with van der Waals surface area (Å²) >= 11 is 0. The predicted molar refractivity (Wildman–Crippen MR) is 95.4 cm³/mol. The van der Waals surface area contributed by atoms with Crippen molar-refractivity contribution in [3.8, 4) is 5.75 Å². The van der Waals surface area contributed by atoms with Crippen LogP contribution in [0.4, 0.5) is 0 Å². The van der Waals surface area contributed by atoms with Gasteiger partial charge in [0.05, 0.1) is 6.61 Å². The lowest BCUT2D eigenvalue weighted by atomic mass is 9.77. The molecule has 0 bridgehead atoms. The molecule has 0 atom stereocenters.